The van der Waals surface area contributed by atoms with Gasteiger partial charge in [0, 0.05) is 18.0 Å². The van der Waals surface area contributed by atoms with Gasteiger partial charge in [-0.1, -0.05) is 23.9 Å². The number of rotatable bonds is 5. The fourth-order valence-corrected chi connectivity index (χ4v) is 2.16. The molecule has 2 aromatic rings. The SMILES string of the molecule is CNc1cc(Nc2ccccc2SC(F)F)nc(N)n1. The van der Waals surface area contributed by atoms with E-state index in [0.29, 0.717) is 34.0 Å². The molecule has 5 nitrogen and oxygen atoms in total. The van der Waals surface area contributed by atoms with Crippen molar-refractivity contribution in [3.05, 3.63) is 30.3 Å². The largest absolute Gasteiger partial charge is 0.373 e. The molecule has 0 saturated heterocycles. The predicted octanol–water partition coefficient (Wildman–Crippen LogP) is 3.16. The molecule has 0 aliphatic heterocycles. The van der Waals surface area contributed by atoms with Crippen molar-refractivity contribution in [3.8, 4) is 0 Å². The van der Waals surface area contributed by atoms with Gasteiger partial charge in [0.2, 0.25) is 5.95 Å². The van der Waals surface area contributed by atoms with Gasteiger partial charge in [0.05, 0.1) is 5.69 Å². The van der Waals surface area contributed by atoms with Crippen LogP contribution < -0.4 is 16.4 Å². The van der Waals surface area contributed by atoms with E-state index in [-0.39, 0.29) is 5.95 Å². The molecular weight excluding hydrogens is 284 g/mol. The summed E-state index contributed by atoms with van der Waals surface area (Å²) < 4.78 is 25.0. The average molecular weight is 297 g/mol. The van der Waals surface area contributed by atoms with Crippen LogP contribution in [0.3, 0.4) is 0 Å². The van der Waals surface area contributed by atoms with Crippen LogP contribution in [0.4, 0.5) is 32.1 Å². The minimum atomic E-state index is -2.48. The van der Waals surface area contributed by atoms with Crippen molar-refractivity contribution in [1.82, 2.24) is 9.97 Å². The van der Waals surface area contributed by atoms with E-state index in [4.69, 9.17) is 5.73 Å². The molecule has 0 bridgehead atoms. The fraction of sp³-hybridized carbons (Fsp3) is 0.167. The van der Waals surface area contributed by atoms with E-state index in [2.05, 4.69) is 20.6 Å². The Bertz CT molecular complexity index is 594. The summed E-state index contributed by atoms with van der Waals surface area (Å²) in [5, 5.41) is 5.81. The molecule has 1 aromatic heterocycles. The lowest BCUT2D eigenvalue weighted by Gasteiger charge is -2.11. The van der Waals surface area contributed by atoms with E-state index < -0.39 is 5.76 Å². The zero-order chi connectivity index (χ0) is 14.5. The maximum atomic E-state index is 12.5. The maximum absolute atomic E-state index is 12.5. The van der Waals surface area contributed by atoms with Crippen LogP contribution in [0.15, 0.2) is 35.2 Å². The van der Waals surface area contributed by atoms with Crippen molar-refractivity contribution in [2.24, 2.45) is 0 Å². The van der Waals surface area contributed by atoms with Crippen LogP contribution in [0.1, 0.15) is 0 Å². The van der Waals surface area contributed by atoms with E-state index in [1.807, 2.05) is 0 Å². The number of halogens is 2. The normalized spacial score (nSPS) is 10.6. The van der Waals surface area contributed by atoms with Gasteiger partial charge in [0.15, 0.2) is 0 Å². The summed E-state index contributed by atoms with van der Waals surface area (Å²) in [5.41, 5.74) is 6.12. The molecule has 0 fully saturated rings. The molecule has 106 valence electrons. The topological polar surface area (TPSA) is 75.9 Å². The van der Waals surface area contributed by atoms with Crippen molar-refractivity contribution >= 4 is 35.0 Å². The van der Waals surface area contributed by atoms with E-state index in [1.165, 1.54) is 0 Å². The van der Waals surface area contributed by atoms with Crippen LogP contribution in [-0.2, 0) is 0 Å². The van der Waals surface area contributed by atoms with Crippen molar-refractivity contribution in [2.45, 2.75) is 10.7 Å². The monoisotopic (exact) mass is 297 g/mol. The molecule has 2 rings (SSSR count). The second-order valence-electron chi connectivity index (χ2n) is 3.75. The molecule has 4 N–H and O–H groups in total. The summed E-state index contributed by atoms with van der Waals surface area (Å²) >= 11 is 0.472. The number of nitrogens with one attached hydrogen (secondary N) is 2. The van der Waals surface area contributed by atoms with Gasteiger partial charge in [-0.2, -0.15) is 18.7 Å². The first-order valence-electron chi connectivity index (χ1n) is 5.71. The lowest BCUT2D eigenvalue weighted by Crippen LogP contribution is -2.03. The second-order valence-corrected chi connectivity index (χ2v) is 4.78. The van der Waals surface area contributed by atoms with Crippen molar-refractivity contribution in [2.75, 3.05) is 23.4 Å². The van der Waals surface area contributed by atoms with Gasteiger partial charge in [-0.15, -0.1) is 0 Å². The number of nitrogen functional groups attached to an aromatic ring is 1. The molecule has 0 atom stereocenters. The van der Waals surface area contributed by atoms with Crippen LogP contribution in [0.5, 0.6) is 0 Å². The third-order valence-corrected chi connectivity index (χ3v) is 3.15. The van der Waals surface area contributed by atoms with Gasteiger partial charge in [-0.05, 0) is 12.1 Å². The molecule has 20 heavy (non-hydrogen) atoms. The Morgan fingerprint density at radius 1 is 1.20 bits per heavy atom. The molecular formula is C12H13F2N5S. The highest BCUT2D eigenvalue weighted by atomic mass is 32.2. The number of benzene rings is 1. The van der Waals surface area contributed by atoms with Crippen LogP contribution >= 0.6 is 11.8 Å². The Hall–Kier alpha value is -2.09. The first kappa shape index (κ1) is 14.3. The molecule has 0 spiro atoms. The summed E-state index contributed by atoms with van der Waals surface area (Å²) in [6.45, 7) is 0. The van der Waals surface area contributed by atoms with Crippen LogP contribution in [0.2, 0.25) is 0 Å². The molecule has 0 radical (unpaired) electrons. The number of thioether (sulfide) groups is 1. The van der Waals surface area contributed by atoms with E-state index >= 15 is 0 Å². The molecule has 8 heteroatoms. The minimum Gasteiger partial charge on any atom is -0.373 e. The van der Waals surface area contributed by atoms with Crippen LogP contribution in [0.25, 0.3) is 0 Å². The maximum Gasteiger partial charge on any atom is 0.288 e. The van der Waals surface area contributed by atoms with Crippen LogP contribution in [0, 0.1) is 0 Å². The first-order valence-corrected chi connectivity index (χ1v) is 6.59. The highest BCUT2D eigenvalue weighted by molar-refractivity contribution is 7.99. The minimum absolute atomic E-state index is 0.0957. The molecule has 0 unspecified atom stereocenters. The van der Waals surface area contributed by atoms with E-state index in [0.717, 1.165) is 0 Å². The molecule has 0 aliphatic rings. The Kier molecular flexibility index (Phi) is 4.57. The number of aromatic nitrogens is 2. The summed E-state index contributed by atoms with van der Waals surface area (Å²) in [5.74, 6) is -1.41. The highest BCUT2D eigenvalue weighted by Crippen LogP contribution is 2.33. The lowest BCUT2D eigenvalue weighted by atomic mass is 10.3. The molecule has 0 saturated carbocycles. The third-order valence-electron chi connectivity index (χ3n) is 2.37. The first-order chi connectivity index (χ1) is 9.58. The number of alkyl halides is 2. The molecule has 0 amide bonds. The zero-order valence-corrected chi connectivity index (χ0v) is 11.4. The number of anilines is 4. The van der Waals surface area contributed by atoms with Crippen molar-refractivity contribution in [3.63, 3.8) is 0 Å². The zero-order valence-electron chi connectivity index (χ0n) is 10.6. The van der Waals surface area contributed by atoms with E-state index in [9.17, 15) is 8.78 Å². The van der Waals surface area contributed by atoms with Gasteiger partial charge in [-0.25, -0.2) is 0 Å². The Labute approximate surface area is 119 Å². The molecule has 1 heterocycles. The van der Waals surface area contributed by atoms with E-state index in [1.54, 1.807) is 37.4 Å². The number of hydrogen-bond donors (Lipinski definition) is 3. The third kappa shape index (κ3) is 3.70. The Morgan fingerprint density at radius 2 is 1.90 bits per heavy atom. The molecule has 0 aliphatic carbocycles. The summed E-state index contributed by atoms with van der Waals surface area (Å²) in [6.07, 6.45) is 0. The van der Waals surface area contributed by atoms with Gasteiger partial charge in [0.25, 0.3) is 5.76 Å². The summed E-state index contributed by atoms with van der Waals surface area (Å²) in [4.78, 5) is 8.41. The lowest BCUT2D eigenvalue weighted by molar-refractivity contribution is 0.252. The Balaban J connectivity index is 2.27. The van der Waals surface area contributed by atoms with Gasteiger partial charge < -0.3 is 16.4 Å². The number of nitrogens with two attached hydrogens (primary N) is 1. The van der Waals surface area contributed by atoms with Gasteiger partial charge in [0.1, 0.15) is 11.6 Å². The van der Waals surface area contributed by atoms with Gasteiger partial charge in [-0.3, -0.25) is 0 Å². The summed E-state index contributed by atoms with van der Waals surface area (Å²) in [6, 6.07) is 8.40. The van der Waals surface area contributed by atoms with Crippen molar-refractivity contribution < 1.29 is 8.78 Å². The van der Waals surface area contributed by atoms with Crippen molar-refractivity contribution in [1.29, 1.82) is 0 Å². The highest BCUT2D eigenvalue weighted by Gasteiger charge is 2.10. The van der Waals surface area contributed by atoms with Gasteiger partial charge >= 0.3 is 0 Å². The number of nitrogens with zero attached hydrogens (tertiary/aromatic N) is 2. The smallest absolute Gasteiger partial charge is 0.288 e. The summed E-state index contributed by atoms with van der Waals surface area (Å²) in [7, 11) is 1.70. The predicted molar refractivity (Wildman–Crippen MR) is 77.6 cm³/mol. The quantitative estimate of drug-likeness (QED) is 0.736. The molecule has 1 aromatic carbocycles. The average Bonchev–Trinajstić information content (AvgIpc) is 2.39. The standard InChI is InChI=1S/C12H13F2N5S/c1-16-9-6-10(19-12(15)18-9)17-7-4-2-3-5-8(7)20-11(13)14/h2-6,11H,1H3,(H4,15,16,17,18,19). The Morgan fingerprint density at radius 3 is 2.60 bits per heavy atom. The number of hydrogen-bond acceptors (Lipinski definition) is 6. The number of para-hydroxylation sites is 1. The van der Waals surface area contributed by atoms with Crippen LogP contribution in [-0.4, -0.2) is 22.8 Å². The second kappa shape index (κ2) is 6.38. The fourth-order valence-electron chi connectivity index (χ4n) is 1.56.